The van der Waals surface area contributed by atoms with E-state index in [1.807, 2.05) is 34.8 Å². The second-order valence-electron chi connectivity index (χ2n) is 8.19. The molecule has 2 aromatic rings. The third kappa shape index (κ3) is 5.73. The van der Waals surface area contributed by atoms with Gasteiger partial charge in [0.2, 0.25) is 5.91 Å². The monoisotopic (exact) mass is 442 g/mol. The summed E-state index contributed by atoms with van der Waals surface area (Å²) in [6, 6.07) is 8.53. The lowest BCUT2D eigenvalue weighted by atomic mass is 10.1. The van der Waals surface area contributed by atoms with Crippen LogP contribution in [0.2, 0.25) is 0 Å². The Labute approximate surface area is 187 Å². The van der Waals surface area contributed by atoms with E-state index >= 15 is 0 Å². The number of carbonyl (C=O) groups is 2. The van der Waals surface area contributed by atoms with Crippen LogP contribution in [0.5, 0.6) is 0 Å². The molecule has 1 aromatic heterocycles. The molecule has 0 saturated heterocycles. The van der Waals surface area contributed by atoms with Gasteiger partial charge in [0.15, 0.2) is 0 Å². The Balaban J connectivity index is 1.79. The van der Waals surface area contributed by atoms with Gasteiger partial charge in [0.05, 0.1) is 11.5 Å². The first kappa shape index (κ1) is 23.5. The molecule has 0 radical (unpaired) electrons. The number of aryl methyl sites for hydroxylation is 2. The van der Waals surface area contributed by atoms with E-state index in [2.05, 4.69) is 0 Å². The highest BCUT2D eigenvalue weighted by atomic mass is 16.6. The van der Waals surface area contributed by atoms with Crippen molar-refractivity contribution in [1.82, 2.24) is 14.4 Å². The molecule has 1 aliphatic rings. The molecule has 9 heteroatoms. The predicted molar refractivity (Wildman–Crippen MR) is 119 cm³/mol. The van der Waals surface area contributed by atoms with Gasteiger partial charge in [-0.3, -0.25) is 19.7 Å². The molecule has 1 aromatic carbocycles. The molecule has 1 heterocycles. The number of rotatable bonds is 11. The third-order valence-electron chi connectivity index (χ3n) is 5.73. The van der Waals surface area contributed by atoms with Gasteiger partial charge in [0.25, 0.3) is 11.6 Å². The van der Waals surface area contributed by atoms with E-state index in [-0.39, 0.29) is 29.7 Å². The molecule has 172 valence electrons. The van der Waals surface area contributed by atoms with E-state index in [0.717, 1.165) is 18.5 Å². The minimum atomic E-state index is -0.499. The molecule has 1 saturated carbocycles. The maximum absolute atomic E-state index is 13.3. The molecule has 3 rings (SSSR count). The Morgan fingerprint density at radius 3 is 2.62 bits per heavy atom. The summed E-state index contributed by atoms with van der Waals surface area (Å²) in [5.74, 6) is -0.520. The Kier molecular flexibility index (Phi) is 7.63. The van der Waals surface area contributed by atoms with Gasteiger partial charge >= 0.3 is 0 Å². The summed E-state index contributed by atoms with van der Waals surface area (Å²) < 4.78 is 7.08. The van der Waals surface area contributed by atoms with Crippen LogP contribution in [0.25, 0.3) is 0 Å². The topological polar surface area (TPSA) is 97.9 Å². The van der Waals surface area contributed by atoms with Crippen LogP contribution in [0, 0.1) is 17.0 Å². The molecular weight excluding hydrogens is 412 g/mol. The summed E-state index contributed by atoms with van der Waals surface area (Å²) in [5, 5.41) is 11.3. The molecule has 9 nitrogen and oxygen atoms in total. The number of amides is 2. The van der Waals surface area contributed by atoms with Crippen molar-refractivity contribution in [2.75, 3.05) is 26.8 Å². The summed E-state index contributed by atoms with van der Waals surface area (Å²) in [7, 11) is 3.52. The summed E-state index contributed by atoms with van der Waals surface area (Å²) in [5.41, 5.74) is 1.60. The van der Waals surface area contributed by atoms with Gasteiger partial charge in [-0.15, -0.1) is 0 Å². The summed E-state index contributed by atoms with van der Waals surface area (Å²) >= 11 is 0. The first-order valence-electron chi connectivity index (χ1n) is 10.7. The molecule has 0 unspecified atom stereocenters. The van der Waals surface area contributed by atoms with Crippen molar-refractivity contribution in [2.24, 2.45) is 7.05 Å². The maximum Gasteiger partial charge on any atom is 0.273 e. The van der Waals surface area contributed by atoms with E-state index in [1.54, 1.807) is 26.2 Å². The minimum absolute atomic E-state index is 0.0782. The first-order valence-corrected chi connectivity index (χ1v) is 10.7. The lowest BCUT2D eigenvalue weighted by Gasteiger charge is -2.28. The first-order chi connectivity index (χ1) is 15.3. The van der Waals surface area contributed by atoms with Crippen LogP contribution >= 0.6 is 0 Å². The SMILES string of the molecule is COCCCN(CC(=O)N(Cc1cccn1C)C1CC1)C(=O)c1ccc(C)c([N+](=O)[O-])c1. The zero-order valence-electron chi connectivity index (χ0n) is 18.8. The molecule has 32 heavy (non-hydrogen) atoms. The summed E-state index contributed by atoms with van der Waals surface area (Å²) in [4.78, 5) is 40.6. The van der Waals surface area contributed by atoms with Crippen molar-refractivity contribution >= 4 is 17.5 Å². The Morgan fingerprint density at radius 2 is 2.03 bits per heavy atom. The zero-order valence-corrected chi connectivity index (χ0v) is 18.8. The standard InChI is InChI=1S/C23H30N4O5/c1-17-7-8-18(14-21(17)27(30)31)23(29)25(12-5-13-32-3)16-22(28)26(19-9-10-19)15-20-6-4-11-24(20)2/h4,6-8,11,14,19H,5,9-10,12-13,15-16H2,1-3H3. The Bertz CT molecular complexity index is 983. The molecule has 0 aliphatic heterocycles. The lowest BCUT2D eigenvalue weighted by molar-refractivity contribution is -0.385. The van der Waals surface area contributed by atoms with Crippen molar-refractivity contribution in [3.05, 3.63) is 63.5 Å². The third-order valence-corrected chi connectivity index (χ3v) is 5.73. The van der Waals surface area contributed by atoms with E-state index in [9.17, 15) is 19.7 Å². The molecule has 0 bridgehead atoms. The fourth-order valence-corrected chi connectivity index (χ4v) is 3.67. The van der Waals surface area contributed by atoms with Crippen molar-refractivity contribution < 1.29 is 19.2 Å². The molecule has 2 amide bonds. The maximum atomic E-state index is 13.3. The van der Waals surface area contributed by atoms with Crippen LogP contribution in [0.4, 0.5) is 5.69 Å². The number of methoxy groups -OCH3 is 1. The van der Waals surface area contributed by atoms with E-state index in [1.165, 1.54) is 11.0 Å². The fourth-order valence-electron chi connectivity index (χ4n) is 3.67. The second-order valence-corrected chi connectivity index (χ2v) is 8.19. The average molecular weight is 443 g/mol. The number of hydrogen-bond donors (Lipinski definition) is 0. The molecule has 1 aliphatic carbocycles. The van der Waals surface area contributed by atoms with Gasteiger partial charge in [0, 0.05) is 62.4 Å². The zero-order chi connectivity index (χ0) is 23.3. The Morgan fingerprint density at radius 1 is 1.28 bits per heavy atom. The number of carbonyl (C=O) groups excluding carboxylic acids is 2. The fraction of sp³-hybridized carbons (Fsp3) is 0.478. The highest BCUT2D eigenvalue weighted by Crippen LogP contribution is 2.29. The van der Waals surface area contributed by atoms with Gasteiger partial charge in [-0.1, -0.05) is 6.07 Å². The van der Waals surface area contributed by atoms with Crippen LogP contribution in [-0.4, -0.2) is 64.0 Å². The van der Waals surface area contributed by atoms with Crippen molar-refractivity contribution in [2.45, 2.75) is 38.8 Å². The van der Waals surface area contributed by atoms with E-state index in [0.29, 0.717) is 31.7 Å². The van der Waals surface area contributed by atoms with Gasteiger partial charge in [-0.2, -0.15) is 0 Å². The van der Waals surface area contributed by atoms with Crippen molar-refractivity contribution in [1.29, 1.82) is 0 Å². The summed E-state index contributed by atoms with van der Waals surface area (Å²) in [6.07, 6.45) is 4.41. The number of aromatic nitrogens is 1. The van der Waals surface area contributed by atoms with Crippen molar-refractivity contribution in [3.63, 3.8) is 0 Å². The van der Waals surface area contributed by atoms with E-state index in [4.69, 9.17) is 4.74 Å². The molecule has 0 spiro atoms. The summed E-state index contributed by atoms with van der Waals surface area (Å²) in [6.45, 7) is 2.81. The number of benzene rings is 1. The van der Waals surface area contributed by atoms with Crippen LogP contribution in [-0.2, 0) is 23.1 Å². The number of nitro benzene ring substituents is 1. The highest BCUT2D eigenvalue weighted by Gasteiger charge is 2.34. The van der Waals surface area contributed by atoms with Crippen molar-refractivity contribution in [3.8, 4) is 0 Å². The van der Waals surface area contributed by atoms with Crippen LogP contribution in [0.15, 0.2) is 36.5 Å². The van der Waals surface area contributed by atoms with Crippen LogP contribution in [0.1, 0.15) is 40.9 Å². The normalized spacial score (nSPS) is 13.1. The second kappa shape index (κ2) is 10.4. The Hall–Kier alpha value is -3.20. The quantitative estimate of drug-likeness (QED) is 0.303. The molecule has 0 atom stereocenters. The molecule has 0 N–H and O–H groups in total. The number of nitro groups is 1. The van der Waals surface area contributed by atoms with Gasteiger partial charge < -0.3 is 19.1 Å². The van der Waals surface area contributed by atoms with E-state index < -0.39 is 10.8 Å². The molecule has 1 fully saturated rings. The number of ether oxygens (including phenoxy) is 1. The average Bonchev–Trinajstić information content (AvgIpc) is 3.52. The molecular formula is C23H30N4O5. The van der Waals surface area contributed by atoms with Crippen LogP contribution < -0.4 is 0 Å². The van der Waals surface area contributed by atoms with Gasteiger partial charge in [-0.05, 0) is 44.4 Å². The largest absolute Gasteiger partial charge is 0.385 e. The number of hydrogen-bond acceptors (Lipinski definition) is 5. The number of nitrogens with zero attached hydrogens (tertiary/aromatic N) is 4. The minimum Gasteiger partial charge on any atom is -0.385 e. The highest BCUT2D eigenvalue weighted by molar-refractivity contribution is 5.97. The van der Waals surface area contributed by atoms with Gasteiger partial charge in [0.1, 0.15) is 6.54 Å². The smallest absolute Gasteiger partial charge is 0.273 e. The lowest BCUT2D eigenvalue weighted by Crippen LogP contribution is -2.44. The van der Waals surface area contributed by atoms with Gasteiger partial charge in [-0.25, -0.2) is 0 Å². The van der Waals surface area contributed by atoms with Crippen LogP contribution in [0.3, 0.4) is 0 Å². The predicted octanol–water partition coefficient (Wildman–Crippen LogP) is 2.91.